The standard InChI is InChI=1S/C53H40N2S/c1-4-34-13-9-15-36(28-34)38-23-26-49-44(30-38)41-17-6-7-20-47(41)55(49)50-21-11-19-43-46-32-40(24-27-51(46)56-53(43)50)54-48-25-22-39(37-16-10-14-35(5-2)29-37)31-45(48)42-18-8-12-33(3)52(42)54/h4-11,13-22,24-25,27-33H,1-2,12,23,26H2,3H3. The first-order valence-electron chi connectivity index (χ1n) is 19.7. The van der Waals surface area contributed by atoms with Gasteiger partial charge >= 0.3 is 0 Å². The van der Waals surface area contributed by atoms with Crippen LogP contribution in [0.1, 0.15) is 64.9 Å². The zero-order valence-corrected chi connectivity index (χ0v) is 32.2. The molecule has 6 aromatic carbocycles. The van der Waals surface area contributed by atoms with Crippen LogP contribution >= 0.6 is 11.3 Å². The zero-order valence-electron chi connectivity index (χ0n) is 31.4. The van der Waals surface area contributed by atoms with Crippen LogP contribution in [0.2, 0.25) is 0 Å². The van der Waals surface area contributed by atoms with E-state index in [1.807, 2.05) is 23.5 Å². The largest absolute Gasteiger partial charge is 0.313 e. The van der Waals surface area contributed by atoms with E-state index in [0.717, 1.165) is 30.4 Å². The highest BCUT2D eigenvalue weighted by Gasteiger charge is 2.26. The molecular weight excluding hydrogens is 697 g/mol. The quantitative estimate of drug-likeness (QED) is 0.161. The van der Waals surface area contributed by atoms with Gasteiger partial charge in [-0.15, -0.1) is 11.3 Å². The maximum Gasteiger partial charge on any atom is 0.0637 e. The molecule has 0 radical (unpaired) electrons. The Labute approximate surface area is 331 Å². The number of hydrogen-bond donors (Lipinski definition) is 0. The first-order chi connectivity index (χ1) is 27.6. The van der Waals surface area contributed by atoms with Crippen LogP contribution in [-0.4, -0.2) is 9.13 Å². The maximum atomic E-state index is 4.01. The van der Waals surface area contributed by atoms with Crippen molar-refractivity contribution >= 4 is 83.2 Å². The lowest BCUT2D eigenvalue weighted by molar-refractivity contribution is 0.724. The van der Waals surface area contributed by atoms with Crippen molar-refractivity contribution in [3.05, 3.63) is 186 Å². The number of nitrogens with zero attached hydrogens (tertiary/aromatic N) is 2. The molecule has 0 spiro atoms. The van der Waals surface area contributed by atoms with Gasteiger partial charge < -0.3 is 9.13 Å². The molecule has 2 nitrogen and oxygen atoms in total. The molecule has 0 fully saturated rings. The van der Waals surface area contributed by atoms with Gasteiger partial charge in [-0.2, -0.15) is 0 Å². The lowest BCUT2D eigenvalue weighted by Crippen LogP contribution is -2.06. The van der Waals surface area contributed by atoms with Crippen LogP contribution in [0.25, 0.3) is 94.4 Å². The third-order valence-corrected chi connectivity index (χ3v) is 13.4. The van der Waals surface area contributed by atoms with Crippen molar-refractivity contribution in [1.82, 2.24) is 9.13 Å². The van der Waals surface area contributed by atoms with E-state index in [9.17, 15) is 0 Å². The zero-order chi connectivity index (χ0) is 37.5. The molecule has 0 saturated carbocycles. The Morgan fingerprint density at radius 2 is 1.38 bits per heavy atom. The van der Waals surface area contributed by atoms with E-state index in [2.05, 4.69) is 175 Å². The predicted octanol–water partition coefficient (Wildman–Crippen LogP) is 14.9. The van der Waals surface area contributed by atoms with Crippen LogP contribution in [0.3, 0.4) is 0 Å². The van der Waals surface area contributed by atoms with Crippen molar-refractivity contribution in [2.24, 2.45) is 0 Å². The van der Waals surface area contributed by atoms with E-state index < -0.39 is 0 Å². The number of thiophene rings is 1. The second-order valence-electron chi connectivity index (χ2n) is 15.4. The topological polar surface area (TPSA) is 9.86 Å². The molecule has 0 aliphatic heterocycles. The van der Waals surface area contributed by atoms with Crippen molar-refractivity contribution in [2.45, 2.75) is 32.1 Å². The van der Waals surface area contributed by atoms with Gasteiger partial charge in [-0.25, -0.2) is 0 Å². The van der Waals surface area contributed by atoms with Crippen LogP contribution in [0.15, 0.2) is 147 Å². The molecule has 3 heteroatoms. The van der Waals surface area contributed by atoms with E-state index in [0.29, 0.717) is 5.92 Å². The molecule has 0 bridgehead atoms. The van der Waals surface area contributed by atoms with Crippen LogP contribution in [-0.2, 0) is 6.42 Å². The molecule has 3 heterocycles. The highest BCUT2D eigenvalue weighted by molar-refractivity contribution is 7.26. The van der Waals surface area contributed by atoms with Gasteiger partial charge in [0.05, 0.1) is 21.4 Å². The number of fused-ring (bicyclic) bond motifs is 9. The fourth-order valence-corrected chi connectivity index (χ4v) is 10.7. The van der Waals surface area contributed by atoms with E-state index in [1.54, 1.807) is 0 Å². The van der Waals surface area contributed by atoms with Gasteiger partial charge in [-0.3, -0.25) is 0 Å². The minimum absolute atomic E-state index is 0.408. The fraction of sp³-hybridized carbons (Fsp3) is 0.0943. The third-order valence-electron chi connectivity index (χ3n) is 12.2. The number of aromatic nitrogens is 2. The molecule has 0 N–H and O–H groups in total. The molecule has 1 unspecified atom stereocenters. The van der Waals surface area contributed by atoms with Gasteiger partial charge in [-0.1, -0.05) is 117 Å². The Morgan fingerprint density at radius 1 is 0.625 bits per heavy atom. The second kappa shape index (κ2) is 12.8. The van der Waals surface area contributed by atoms with E-state index >= 15 is 0 Å². The SMILES string of the molecule is C=Cc1cccc(C2=Cc3c(n(-c4cccc5c4sc4ccc(-n6c7c(c8cc(-c9cccc(C=C)c9)ccc86)C=CCC7C)cc45)c4ccccc34)CC2)c1. The van der Waals surface area contributed by atoms with Gasteiger partial charge in [0.25, 0.3) is 0 Å². The van der Waals surface area contributed by atoms with Gasteiger partial charge in [0.2, 0.25) is 0 Å². The predicted molar refractivity (Wildman–Crippen MR) is 243 cm³/mol. The van der Waals surface area contributed by atoms with Crippen molar-refractivity contribution in [3.63, 3.8) is 0 Å². The Balaban J connectivity index is 1.08. The van der Waals surface area contributed by atoms with Crippen LogP contribution in [0, 0.1) is 0 Å². The number of para-hydroxylation sites is 1. The molecular formula is C53H40N2S. The lowest BCUT2D eigenvalue weighted by Gasteiger charge is -2.19. The molecule has 9 aromatic rings. The molecule has 0 saturated heterocycles. The summed E-state index contributed by atoms with van der Waals surface area (Å²) < 4.78 is 7.75. The highest BCUT2D eigenvalue weighted by Crippen LogP contribution is 2.45. The Hall–Kier alpha value is -6.42. The molecule has 56 heavy (non-hydrogen) atoms. The van der Waals surface area contributed by atoms with E-state index in [1.165, 1.54) is 98.1 Å². The lowest BCUT2D eigenvalue weighted by atomic mass is 9.90. The monoisotopic (exact) mass is 736 g/mol. The van der Waals surface area contributed by atoms with Crippen LogP contribution in [0.4, 0.5) is 0 Å². The second-order valence-corrected chi connectivity index (χ2v) is 16.4. The summed E-state index contributed by atoms with van der Waals surface area (Å²) in [5.74, 6) is 0.408. The fourth-order valence-electron chi connectivity index (χ4n) is 9.48. The number of allylic oxidation sites excluding steroid dienone is 2. The summed E-state index contributed by atoms with van der Waals surface area (Å²) in [7, 11) is 0. The summed E-state index contributed by atoms with van der Waals surface area (Å²) >= 11 is 1.92. The molecule has 11 rings (SSSR count). The van der Waals surface area contributed by atoms with Crippen molar-refractivity contribution in [1.29, 1.82) is 0 Å². The summed E-state index contributed by atoms with van der Waals surface area (Å²) in [6, 6.07) is 47.4. The van der Waals surface area contributed by atoms with Crippen LogP contribution in [0.5, 0.6) is 0 Å². The number of rotatable bonds is 6. The highest BCUT2D eigenvalue weighted by atomic mass is 32.1. The van der Waals surface area contributed by atoms with Crippen molar-refractivity contribution in [2.75, 3.05) is 0 Å². The minimum Gasteiger partial charge on any atom is -0.313 e. The first-order valence-corrected chi connectivity index (χ1v) is 20.5. The average Bonchev–Trinajstić information content (AvgIpc) is 3.91. The van der Waals surface area contributed by atoms with Crippen LogP contribution < -0.4 is 0 Å². The maximum absolute atomic E-state index is 4.01. The van der Waals surface area contributed by atoms with E-state index in [4.69, 9.17) is 0 Å². The minimum atomic E-state index is 0.408. The Bertz CT molecular complexity index is 3170. The van der Waals surface area contributed by atoms with Crippen molar-refractivity contribution < 1.29 is 0 Å². The molecule has 1 atom stereocenters. The summed E-state index contributed by atoms with van der Waals surface area (Å²) in [6.07, 6.45) is 14.0. The molecule has 0 amide bonds. The van der Waals surface area contributed by atoms with Crippen molar-refractivity contribution in [3.8, 4) is 22.5 Å². The van der Waals surface area contributed by atoms with Gasteiger partial charge in [0.1, 0.15) is 0 Å². The molecule has 268 valence electrons. The normalized spacial score (nSPS) is 15.0. The third kappa shape index (κ3) is 5.01. The number of hydrogen-bond acceptors (Lipinski definition) is 1. The summed E-state index contributed by atoms with van der Waals surface area (Å²) in [6.45, 7) is 10.4. The Kier molecular flexibility index (Phi) is 7.55. The average molecular weight is 737 g/mol. The molecule has 2 aliphatic carbocycles. The van der Waals surface area contributed by atoms with Gasteiger partial charge in [-0.05, 0) is 113 Å². The Morgan fingerprint density at radius 3 is 2.23 bits per heavy atom. The smallest absolute Gasteiger partial charge is 0.0637 e. The molecule has 2 aliphatic rings. The van der Waals surface area contributed by atoms with Gasteiger partial charge in [0, 0.05) is 60.4 Å². The summed E-state index contributed by atoms with van der Waals surface area (Å²) in [5.41, 5.74) is 17.9. The van der Waals surface area contributed by atoms with Gasteiger partial charge in [0.15, 0.2) is 0 Å². The molecule has 3 aromatic heterocycles. The number of benzene rings is 6. The van der Waals surface area contributed by atoms with E-state index in [-0.39, 0.29) is 0 Å². The summed E-state index contributed by atoms with van der Waals surface area (Å²) in [4.78, 5) is 0. The first kappa shape index (κ1) is 33.0. The summed E-state index contributed by atoms with van der Waals surface area (Å²) in [5, 5.41) is 5.24.